The van der Waals surface area contributed by atoms with Gasteiger partial charge in [0.2, 0.25) is 5.91 Å². The first-order valence-electron chi connectivity index (χ1n) is 9.93. The summed E-state index contributed by atoms with van der Waals surface area (Å²) >= 11 is 0. The van der Waals surface area contributed by atoms with Gasteiger partial charge in [-0.05, 0) is 32.6 Å². The molecule has 2 rings (SSSR count). The normalized spacial score (nSPS) is 21.4. The van der Waals surface area contributed by atoms with Gasteiger partial charge in [-0.15, -0.1) is 0 Å². The van der Waals surface area contributed by atoms with E-state index >= 15 is 0 Å². The van der Waals surface area contributed by atoms with E-state index in [0.717, 1.165) is 32.7 Å². The third-order valence-corrected chi connectivity index (χ3v) is 5.07. The van der Waals surface area contributed by atoms with E-state index in [-0.39, 0.29) is 24.4 Å². The number of hydrogen-bond donors (Lipinski definition) is 2. The SMILES string of the molecule is CC(C)C[C@H](CNC(=O)CCCN1C(=O)NC(C)(C)C1=O)N1CCOCC1. The van der Waals surface area contributed by atoms with E-state index in [4.69, 9.17) is 4.74 Å². The summed E-state index contributed by atoms with van der Waals surface area (Å²) in [6, 6.07) is -0.0701. The van der Waals surface area contributed by atoms with Gasteiger partial charge in [0.25, 0.3) is 5.91 Å². The zero-order valence-electron chi connectivity index (χ0n) is 17.0. The zero-order chi connectivity index (χ0) is 20.0. The van der Waals surface area contributed by atoms with Gasteiger partial charge in [-0.3, -0.25) is 19.4 Å². The molecule has 2 aliphatic rings. The molecule has 1 atom stereocenters. The topological polar surface area (TPSA) is 91.0 Å². The average molecular weight is 383 g/mol. The molecule has 8 nitrogen and oxygen atoms in total. The van der Waals surface area contributed by atoms with Crippen molar-refractivity contribution in [1.82, 2.24) is 20.4 Å². The maximum Gasteiger partial charge on any atom is 0.325 e. The Morgan fingerprint density at radius 1 is 1.26 bits per heavy atom. The Kier molecular flexibility index (Phi) is 7.61. The molecule has 2 N–H and O–H groups in total. The number of carbonyl (C=O) groups is 3. The van der Waals surface area contributed by atoms with Gasteiger partial charge >= 0.3 is 6.03 Å². The molecule has 2 saturated heterocycles. The van der Waals surface area contributed by atoms with Gasteiger partial charge in [-0.25, -0.2) is 4.79 Å². The minimum absolute atomic E-state index is 0.0386. The second kappa shape index (κ2) is 9.50. The number of carbonyl (C=O) groups excluding carboxylic acids is 3. The molecule has 0 aliphatic carbocycles. The van der Waals surface area contributed by atoms with E-state index in [9.17, 15) is 14.4 Å². The van der Waals surface area contributed by atoms with Crippen molar-refractivity contribution in [2.45, 2.75) is 58.5 Å². The van der Waals surface area contributed by atoms with Gasteiger partial charge in [-0.2, -0.15) is 0 Å². The zero-order valence-corrected chi connectivity index (χ0v) is 17.0. The Morgan fingerprint density at radius 2 is 1.93 bits per heavy atom. The molecule has 27 heavy (non-hydrogen) atoms. The lowest BCUT2D eigenvalue weighted by atomic mass is 10.0. The Hall–Kier alpha value is -1.67. The predicted molar refractivity (Wildman–Crippen MR) is 102 cm³/mol. The fraction of sp³-hybridized carbons (Fsp3) is 0.842. The van der Waals surface area contributed by atoms with Crippen LogP contribution >= 0.6 is 0 Å². The van der Waals surface area contributed by atoms with Crippen molar-refractivity contribution >= 4 is 17.8 Å². The molecule has 2 heterocycles. The van der Waals surface area contributed by atoms with Crippen molar-refractivity contribution in [3.05, 3.63) is 0 Å². The van der Waals surface area contributed by atoms with E-state index in [1.807, 2.05) is 0 Å². The summed E-state index contributed by atoms with van der Waals surface area (Å²) in [5.41, 5.74) is -0.860. The number of nitrogens with one attached hydrogen (secondary N) is 2. The summed E-state index contributed by atoms with van der Waals surface area (Å²) in [6.45, 7) is 11.9. The minimum Gasteiger partial charge on any atom is -0.379 e. The van der Waals surface area contributed by atoms with Gasteiger partial charge < -0.3 is 15.4 Å². The number of nitrogens with zero attached hydrogens (tertiary/aromatic N) is 2. The van der Waals surface area contributed by atoms with Crippen LogP contribution in [-0.2, 0) is 14.3 Å². The summed E-state index contributed by atoms with van der Waals surface area (Å²) in [5, 5.41) is 5.67. The Bertz CT molecular complexity index is 544. The van der Waals surface area contributed by atoms with E-state index < -0.39 is 5.54 Å². The molecule has 0 saturated carbocycles. The van der Waals surface area contributed by atoms with Crippen LogP contribution in [0.3, 0.4) is 0 Å². The maximum absolute atomic E-state index is 12.2. The van der Waals surface area contributed by atoms with E-state index in [0.29, 0.717) is 31.3 Å². The van der Waals surface area contributed by atoms with Crippen molar-refractivity contribution < 1.29 is 19.1 Å². The van der Waals surface area contributed by atoms with Gasteiger partial charge in [0, 0.05) is 38.6 Å². The Labute approximate surface area is 162 Å². The van der Waals surface area contributed by atoms with Gasteiger partial charge in [0.15, 0.2) is 0 Å². The summed E-state index contributed by atoms with van der Waals surface area (Å²) < 4.78 is 5.42. The second-order valence-corrected chi connectivity index (χ2v) is 8.35. The van der Waals surface area contributed by atoms with Crippen LogP contribution in [0.2, 0.25) is 0 Å². The highest BCUT2D eigenvalue weighted by atomic mass is 16.5. The lowest BCUT2D eigenvalue weighted by molar-refractivity contribution is -0.130. The van der Waals surface area contributed by atoms with Crippen LogP contribution in [0, 0.1) is 5.92 Å². The predicted octanol–water partition coefficient (Wildman–Crippen LogP) is 0.960. The molecule has 0 spiro atoms. The fourth-order valence-electron chi connectivity index (χ4n) is 3.59. The summed E-state index contributed by atoms with van der Waals surface area (Å²) in [6.07, 6.45) is 1.79. The van der Waals surface area contributed by atoms with Gasteiger partial charge in [-0.1, -0.05) is 13.8 Å². The van der Waals surface area contributed by atoms with Gasteiger partial charge in [0.05, 0.1) is 13.2 Å². The van der Waals surface area contributed by atoms with Crippen molar-refractivity contribution in [2.75, 3.05) is 39.4 Å². The van der Waals surface area contributed by atoms with Crippen LogP contribution in [0.25, 0.3) is 0 Å². The number of ether oxygens (including phenoxy) is 1. The molecule has 0 aromatic carbocycles. The highest BCUT2D eigenvalue weighted by Crippen LogP contribution is 2.17. The summed E-state index contributed by atoms with van der Waals surface area (Å²) in [4.78, 5) is 39.8. The van der Waals surface area contributed by atoms with Crippen molar-refractivity contribution in [1.29, 1.82) is 0 Å². The average Bonchev–Trinajstić information content (AvgIpc) is 2.80. The number of urea groups is 1. The fourth-order valence-corrected chi connectivity index (χ4v) is 3.59. The number of rotatable bonds is 9. The molecule has 154 valence electrons. The molecule has 0 bridgehead atoms. The highest BCUT2D eigenvalue weighted by Gasteiger charge is 2.43. The molecule has 0 radical (unpaired) electrons. The van der Waals surface area contributed by atoms with Crippen molar-refractivity contribution in [3.63, 3.8) is 0 Å². The highest BCUT2D eigenvalue weighted by molar-refractivity contribution is 6.06. The molecule has 2 fully saturated rings. The first kappa shape index (κ1) is 21.6. The van der Waals surface area contributed by atoms with Crippen LogP contribution in [-0.4, -0.2) is 78.6 Å². The molecule has 4 amide bonds. The number of amides is 4. The number of morpholine rings is 1. The van der Waals surface area contributed by atoms with Crippen LogP contribution in [0.5, 0.6) is 0 Å². The minimum atomic E-state index is -0.860. The maximum atomic E-state index is 12.2. The quantitative estimate of drug-likeness (QED) is 0.580. The van der Waals surface area contributed by atoms with Crippen molar-refractivity contribution in [2.24, 2.45) is 5.92 Å². The van der Waals surface area contributed by atoms with Crippen LogP contribution in [0.15, 0.2) is 0 Å². The first-order chi connectivity index (χ1) is 12.7. The van der Waals surface area contributed by atoms with E-state index in [1.54, 1.807) is 13.8 Å². The molecular formula is C19H34N4O4. The third-order valence-electron chi connectivity index (χ3n) is 5.07. The second-order valence-electron chi connectivity index (χ2n) is 8.35. The van der Waals surface area contributed by atoms with Crippen LogP contribution in [0.4, 0.5) is 4.79 Å². The molecule has 8 heteroatoms. The van der Waals surface area contributed by atoms with Crippen molar-refractivity contribution in [3.8, 4) is 0 Å². The third kappa shape index (κ3) is 6.17. The molecule has 0 aromatic heterocycles. The lowest BCUT2D eigenvalue weighted by Crippen LogP contribution is -2.49. The molecular weight excluding hydrogens is 348 g/mol. The number of imide groups is 1. The summed E-state index contributed by atoms with van der Waals surface area (Å²) in [7, 11) is 0. The van der Waals surface area contributed by atoms with E-state index in [2.05, 4.69) is 29.4 Å². The lowest BCUT2D eigenvalue weighted by Gasteiger charge is -2.35. The van der Waals surface area contributed by atoms with E-state index in [1.165, 1.54) is 4.90 Å². The molecule has 2 aliphatic heterocycles. The van der Waals surface area contributed by atoms with Crippen LogP contribution < -0.4 is 10.6 Å². The standard InChI is InChI=1S/C19H34N4O4/c1-14(2)12-15(22-8-10-27-11-9-22)13-20-16(24)6-5-7-23-17(25)19(3,4)21-18(23)26/h14-15H,5-13H2,1-4H3,(H,20,24)(H,21,26)/t15-/m1/s1. The Balaban J connectivity index is 1.74. The largest absolute Gasteiger partial charge is 0.379 e. The monoisotopic (exact) mass is 382 g/mol. The smallest absolute Gasteiger partial charge is 0.325 e. The van der Waals surface area contributed by atoms with Crippen LogP contribution in [0.1, 0.15) is 47.0 Å². The summed E-state index contributed by atoms with van der Waals surface area (Å²) in [5.74, 6) is 0.276. The first-order valence-corrected chi connectivity index (χ1v) is 9.93. The Morgan fingerprint density at radius 3 is 2.48 bits per heavy atom. The van der Waals surface area contributed by atoms with Gasteiger partial charge in [0.1, 0.15) is 5.54 Å². The molecule has 0 unspecified atom stereocenters. The molecule has 0 aromatic rings. The number of hydrogen-bond acceptors (Lipinski definition) is 5.